The van der Waals surface area contributed by atoms with Gasteiger partial charge in [-0.1, -0.05) is 6.92 Å². The minimum absolute atomic E-state index is 0. The van der Waals surface area contributed by atoms with Gasteiger partial charge in [-0.15, -0.1) is 0 Å². The minimum atomic E-state index is -0.0999. The van der Waals surface area contributed by atoms with Gasteiger partial charge in [0.05, 0.1) is 0 Å². The smallest absolute Gasteiger partial charge is 0.345 e. The van der Waals surface area contributed by atoms with Gasteiger partial charge in [0.15, 0.2) is 6.29 Å². The summed E-state index contributed by atoms with van der Waals surface area (Å²) < 4.78 is 10.9. The van der Waals surface area contributed by atoms with E-state index in [1.165, 1.54) is 0 Å². The van der Waals surface area contributed by atoms with Crippen molar-refractivity contribution in [2.45, 2.75) is 31.8 Å². The maximum absolute atomic E-state index is 5.46. The molecule has 0 aromatic heterocycles. The van der Waals surface area contributed by atoms with Crippen LogP contribution in [-0.4, -0.2) is 31.6 Å². The van der Waals surface area contributed by atoms with Crippen LogP contribution in [0, 0.1) is 0 Å². The molecule has 0 saturated carbocycles. The fourth-order valence-corrected chi connectivity index (χ4v) is 1.20. The van der Waals surface area contributed by atoms with E-state index in [4.69, 9.17) is 20.9 Å². The van der Waals surface area contributed by atoms with Gasteiger partial charge in [0.2, 0.25) is 0 Å². The van der Waals surface area contributed by atoms with Crippen LogP contribution >= 0.6 is 0 Å². The Morgan fingerprint density at radius 3 is 1.75 bits per heavy atom. The summed E-state index contributed by atoms with van der Waals surface area (Å²) in [6, 6.07) is 0. The van der Waals surface area contributed by atoms with Gasteiger partial charge >= 0.3 is 21.1 Å². The van der Waals surface area contributed by atoms with Gasteiger partial charge in [0.1, 0.15) is 12.2 Å². The standard InChI is InChI=1S/C7H16N2O2.Pt/c1-2-7-10-5(3-8)6(4-9)11-7;/h5-7H,2-4,8-9H2,1H3;/q;+2/t5-,6-;/m0./s1. The van der Waals surface area contributed by atoms with Crippen LogP contribution in [0.25, 0.3) is 0 Å². The zero-order valence-corrected chi connectivity index (χ0v) is 9.41. The van der Waals surface area contributed by atoms with E-state index in [2.05, 4.69) is 0 Å². The molecule has 1 rings (SSSR count). The van der Waals surface area contributed by atoms with Crippen molar-refractivity contribution in [1.82, 2.24) is 0 Å². The SMILES string of the molecule is CCC1O[C@@H](CN)[C@H](CN)O1.[Pt+2]. The first kappa shape index (κ1) is 12.5. The van der Waals surface area contributed by atoms with Crippen molar-refractivity contribution in [3.05, 3.63) is 0 Å². The molecular formula is C7H16N2O2Pt+2. The molecule has 0 amide bonds. The quantitative estimate of drug-likeness (QED) is 0.711. The first-order chi connectivity index (χ1) is 5.31. The number of hydrogen-bond acceptors (Lipinski definition) is 4. The second-order valence-electron chi connectivity index (χ2n) is 2.66. The molecule has 5 heteroatoms. The summed E-state index contributed by atoms with van der Waals surface area (Å²) in [7, 11) is 0. The Bertz CT molecular complexity index is 114. The average Bonchev–Trinajstić information content (AvgIpc) is 2.46. The van der Waals surface area contributed by atoms with E-state index >= 15 is 0 Å². The summed E-state index contributed by atoms with van der Waals surface area (Å²) in [4.78, 5) is 0. The van der Waals surface area contributed by atoms with Crippen molar-refractivity contribution >= 4 is 0 Å². The van der Waals surface area contributed by atoms with Gasteiger partial charge in [-0.25, -0.2) is 0 Å². The molecule has 0 aliphatic carbocycles. The van der Waals surface area contributed by atoms with Crippen LogP contribution in [0.4, 0.5) is 0 Å². The molecule has 4 N–H and O–H groups in total. The van der Waals surface area contributed by atoms with Crippen molar-refractivity contribution < 1.29 is 30.5 Å². The van der Waals surface area contributed by atoms with Crippen molar-refractivity contribution in [2.75, 3.05) is 13.1 Å². The van der Waals surface area contributed by atoms with Gasteiger partial charge in [-0.2, -0.15) is 0 Å². The van der Waals surface area contributed by atoms with Crippen LogP contribution in [0.2, 0.25) is 0 Å². The van der Waals surface area contributed by atoms with Gasteiger partial charge in [-0.05, 0) is 6.42 Å². The summed E-state index contributed by atoms with van der Waals surface area (Å²) in [6.45, 7) is 2.98. The first-order valence-electron chi connectivity index (χ1n) is 4.02. The zero-order chi connectivity index (χ0) is 8.27. The van der Waals surface area contributed by atoms with Crippen LogP contribution in [0.15, 0.2) is 0 Å². The summed E-state index contributed by atoms with van der Waals surface area (Å²) in [5, 5.41) is 0. The summed E-state index contributed by atoms with van der Waals surface area (Å²) in [6.07, 6.45) is 0.736. The van der Waals surface area contributed by atoms with Crippen molar-refractivity contribution in [3.8, 4) is 0 Å². The molecule has 4 nitrogen and oxygen atoms in total. The molecule has 12 heavy (non-hydrogen) atoms. The predicted molar refractivity (Wildman–Crippen MR) is 41.9 cm³/mol. The minimum Gasteiger partial charge on any atom is -0.345 e. The Hall–Kier alpha value is 0.528. The molecule has 0 unspecified atom stereocenters. The summed E-state index contributed by atoms with van der Waals surface area (Å²) in [5.74, 6) is 0. The van der Waals surface area contributed by atoms with Crippen molar-refractivity contribution in [2.24, 2.45) is 11.5 Å². The molecule has 2 atom stereocenters. The van der Waals surface area contributed by atoms with Crippen molar-refractivity contribution in [1.29, 1.82) is 0 Å². The molecule has 0 bridgehead atoms. The average molecular weight is 355 g/mol. The number of ether oxygens (including phenoxy) is 2. The molecule has 0 aromatic carbocycles. The number of nitrogens with two attached hydrogens (primary N) is 2. The monoisotopic (exact) mass is 355 g/mol. The van der Waals surface area contributed by atoms with Gasteiger partial charge < -0.3 is 20.9 Å². The maximum atomic E-state index is 5.46. The molecule has 1 fully saturated rings. The molecule has 0 spiro atoms. The number of rotatable bonds is 3. The van der Waals surface area contributed by atoms with Gasteiger partial charge in [0, 0.05) is 13.1 Å². The molecular weight excluding hydrogens is 339 g/mol. The van der Waals surface area contributed by atoms with Crippen LogP contribution in [0.5, 0.6) is 0 Å². The van der Waals surface area contributed by atoms with Crippen LogP contribution in [0.1, 0.15) is 13.3 Å². The molecule has 1 aliphatic heterocycles. The first-order valence-corrected chi connectivity index (χ1v) is 4.02. The topological polar surface area (TPSA) is 70.5 Å². The van der Waals surface area contributed by atoms with E-state index in [0.717, 1.165) is 6.42 Å². The van der Waals surface area contributed by atoms with Crippen LogP contribution < -0.4 is 11.5 Å². The predicted octanol–water partition coefficient (Wildman–Crippen LogP) is -0.579. The van der Waals surface area contributed by atoms with Crippen LogP contribution in [-0.2, 0) is 30.5 Å². The molecule has 0 radical (unpaired) electrons. The third-order valence-corrected chi connectivity index (χ3v) is 1.87. The Labute approximate surface area is 87.2 Å². The van der Waals surface area contributed by atoms with E-state index in [-0.39, 0.29) is 39.6 Å². The van der Waals surface area contributed by atoms with E-state index in [0.29, 0.717) is 13.1 Å². The fraction of sp³-hybridized carbons (Fsp3) is 1.00. The second-order valence-corrected chi connectivity index (χ2v) is 2.66. The second kappa shape index (κ2) is 6.05. The fourth-order valence-electron chi connectivity index (χ4n) is 1.20. The van der Waals surface area contributed by atoms with E-state index in [9.17, 15) is 0 Å². The van der Waals surface area contributed by atoms with Gasteiger partial charge in [0.25, 0.3) is 0 Å². The zero-order valence-electron chi connectivity index (χ0n) is 7.14. The molecule has 0 aromatic rings. The normalized spacial score (nSPS) is 30.2. The molecule has 1 heterocycles. The third-order valence-electron chi connectivity index (χ3n) is 1.87. The largest absolute Gasteiger partial charge is 2.00 e. The Balaban J connectivity index is 0.00000121. The summed E-state index contributed by atoms with van der Waals surface area (Å²) >= 11 is 0. The van der Waals surface area contributed by atoms with E-state index < -0.39 is 0 Å². The molecule has 74 valence electrons. The van der Waals surface area contributed by atoms with Crippen LogP contribution in [0.3, 0.4) is 0 Å². The van der Waals surface area contributed by atoms with E-state index in [1.807, 2.05) is 6.92 Å². The van der Waals surface area contributed by atoms with Crippen molar-refractivity contribution in [3.63, 3.8) is 0 Å². The molecule has 1 saturated heterocycles. The van der Waals surface area contributed by atoms with Gasteiger partial charge in [-0.3, -0.25) is 0 Å². The molecule has 1 aliphatic rings. The number of hydrogen-bond donors (Lipinski definition) is 2. The Kier molecular flexibility index (Phi) is 6.32. The summed E-state index contributed by atoms with van der Waals surface area (Å²) in [5.41, 5.74) is 10.9. The Morgan fingerprint density at radius 2 is 1.50 bits per heavy atom. The maximum Gasteiger partial charge on any atom is 2.00 e. The third kappa shape index (κ3) is 2.78. The van der Waals surface area contributed by atoms with E-state index in [1.54, 1.807) is 0 Å². The Morgan fingerprint density at radius 1 is 1.08 bits per heavy atom.